The second kappa shape index (κ2) is 10.5. The van der Waals surface area contributed by atoms with Crippen LogP contribution in [0.3, 0.4) is 0 Å². The number of aromatic amines is 1. The predicted octanol–water partition coefficient (Wildman–Crippen LogP) is 5.31. The van der Waals surface area contributed by atoms with E-state index in [0.717, 1.165) is 38.3 Å². The Labute approximate surface area is 223 Å². The van der Waals surface area contributed by atoms with Crippen molar-refractivity contribution < 1.29 is 32.2 Å². The Kier molecular flexibility index (Phi) is 6.88. The van der Waals surface area contributed by atoms with Crippen LogP contribution >= 0.6 is 0 Å². The average Bonchev–Trinajstić information content (AvgIpc) is 3.39. The van der Waals surface area contributed by atoms with E-state index in [0.29, 0.717) is 73.8 Å². The highest BCUT2D eigenvalue weighted by Crippen LogP contribution is 2.44. The molecule has 9 nitrogen and oxygen atoms in total. The van der Waals surface area contributed by atoms with Gasteiger partial charge in [0, 0.05) is 37.1 Å². The number of halogens is 3. The summed E-state index contributed by atoms with van der Waals surface area (Å²) < 4.78 is 58.6. The Bertz CT molecular complexity index is 1360. The second-order valence-corrected chi connectivity index (χ2v) is 10.0. The monoisotopic (exact) mass is 545 g/mol. The van der Waals surface area contributed by atoms with Gasteiger partial charge in [0.2, 0.25) is 0 Å². The Hall–Kier alpha value is -3.67. The van der Waals surface area contributed by atoms with E-state index in [2.05, 4.69) is 20.6 Å². The summed E-state index contributed by atoms with van der Waals surface area (Å²) in [4.78, 5) is 22.1. The molecule has 1 aromatic carbocycles. The molecule has 0 atom stereocenters. The number of pyridine rings is 1. The van der Waals surface area contributed by atoms with Crippen molar-refractivity contribution >= 4 is 34.1 Å². The molecule has 1 saturated carbocycles. The maximum absolute atomic E-state index is 13.8. The molecule has 0 bridgehead atoms. The molecule has 6 rings (SSSR count). The molecule has 0 unspecified atom stereocenters. The molecule has 0 radical (unpaired) electrons. The zero-order chi connectivity index (χ0) is 27.0. The predicted molar refractivity (Wildman–Crippen MR) is 139 cm³/mol. The number of alkyl halides is 3. The topological polar surface area (TPSA) is 101 Å². The quantitative estimate of drug-likeness (QED) is 0.399. The lowest BCUT2D eigenvalue weighted by Crippen LogP contribution is -2.41. The van der Waals surface area contributed by atoms with Crippen LogP contribution in [-0.2, 0) is 10.9 Å². The lowest BCUT2D eigenvalue weighted by atomic mass is 9.95. The van der Waals surface area contributed by atoms with Crippen LogP contribution in [0.2, 0.25) is 0 Å². The van der Waals surface area contributed by atoms with Crippen LogP contribution in [0.5, 0.6) is 11.5 Å². The molecule has 2 aromatic heterocycles. The van der Waals surface area contributed by atoms with Crippen LogP contribution < -0.4 is 20.1 Å². The Balaban J connectivity index is 1.36. The smallest absolute Gasteiger partial charge is 0.418 e. The summed E-state index contributed by atoms with van der Waals surface area (Å²) in [6, 6.07) is 5.06. The Morgan fingerprint density at radius 1 is 1.00 bits per heavy atom. The van der Waals surface area contributed by atoms with Crippen molar-refractivity contribution in [3.63, 3.8) is 0 Å². The number of benzene rings is 1. The number of morpholine rings is 1. The van der Waals surface area contributed by atoms with Gasteiger partial charge in [-0.3, -0.25) is 4.79 Å². The van der Waals surface area contributed by atoms with Gasteiger partial charge < -0.3 is 34.7 Å². The van der Waals surface area contributed by atoms with E-state index in [-0.39, 0.29) is 23.0 Å². The van der Waals surface area contributed by atoms with Gasteiger partial charge in [-0.25, -0.2) is 4.98 Å². The molecule has 12 heteroatoms. The van der Waals surface area contributed by atoms with Gasteiger partial charge in [-0.2, -0.15) is 13.2 Å². The van der Waals surface area contributed by atoms with Gasteiger partial charge in [0.1, 0.15) is 24.7 Å². The Morgan fingerprint density at radius 3 is 2.49 bits per heavy atom. The molecule has 3 aromatic rings. The number of H-pyrrole nitrogens is 1. The van der Waals surface area contributed by atoms with Crippen molar-refractivity contribution in [1.29, 1.82) is 0 Å². The van der Waals surface area contributed by atoms with Gasteiger partial charge in [-0.15, -0.1) is 0 Å². The number of carbonyl (C=O) groups is 1. The molecule has 0 spiro atoms. The van der Waals surface area contributed by atoms with Crippen LogP contribution in [0.25, 0.3) is 11.0 Å². The Morgan fingerprint density at radius 2 is 1.74 bits per heavy atom. The third-order valence-corrected chi connectivity index (χ3v) is 7.39. The first kappa shape index (κ1) is 25.6. The molecule has 3 N–H and O–H groups in total. The normalized spacial score (nSPS) is 18.3. The lowest BCUT2D eigenvalue weighted by molar-refractivity contribution is -0.136. The standard InChI is InChI=1S/C27H30F3N5O4/c28-27(29,30)18-15-31-25-22(18)20(32-16-4-2-1-3-5-16)14-21(34-25)33-19-7-6-17(23-24(19)39-13-12-38-23)26(36)35-8-10-37-11-9-35/h6-7,14-16H,1-5,8-13H2,(H3,31,32,33,34). The third kappa shape index (κ3) is 5.17. The van der Waals surface area contributed by atoms with Crippen molar-refractivity contribution in [2.75, 3.05) is 50.2 Å². The van der Waals surface area contributed by atoms with Crippen LogP contribution in [-0.4, -0.2) is 66.3 Å². The first-order valence-electron chi connectivity index (χ1n) is 13.3. The van der Waals surface area contributed by atoms with Gasteiger partial charge in [0.15, 0.2) is 11.5 Å². The molecule has 1 saturated heterocycles. The van der Waals surface area contributed by atoms with Crippen LogP contribution in [0.15, 0.2) is 24.4 Å². The highest BCUT2D eigenvalue weighted by molar-refractivity contribution is 6.00. The minimum atomic E-state index is -4.52. The first-order chi connectivity index (χ1) is 18.9. The fraction of sp³-hybridized carbons (Fsp3) is 0.481. The highest BCUT2D eigenvalue weighted by atomic mass is 19.4. The minimum Gasteiger partial charge on any atom is -0.485 e. The van der Waals surface area contributed by atoms with E-state index in [1.54, 1.807) is 23.1 Å². The van der Waals surface area contributed by atoms with Crippen LogP contribution in [0.4, 0.5) is 30.4 Å². The lowest BCUT2D eigenvalue weighted by Gasteiger charge is -2.29. The highest BCUT2D eigenvalue weighted by Gasteiger charge is 2.36. The molecule has 208 valence electrons. The number of carbonyl (C=O) groups excluding carboxylic acids is 1. The number of hydrogen-bond acceptors (Lipinski definition) is 7. The van der Waals surface area contributed by atoms with Gasteiger partial charge in [0.25, 0.3) is 5.91 Å². The maximum Gasteiger partial charge on any atom is 0.418 e. The van der Waals surface area contributed by atoms with Crippen LogP contribution in [0, 0.1) is 0 Å². The van der Waals surface area contributed by atoms with Crippen molar-refractivity contribution in [2.45, 2.75) is 44.3 Å². The molecular formula is C27H30F3N5O4. The fourth-order valence-electron chi connectivity index (χ4n) is 5.48. The summed E-state index contributed by atoms with van der Waals surface area (Å²) in [5, 5.41) is 6.57. The summed E-state index contributed by atoms with van der Waals surface area (Å²) in [5.41, 5.74) is 0.625. The van der Waals surface area contributed by atoms with Crippen molar-refractivity contribution in [3.05, 3.63) is 35.5 Å². The number of nitrogens with zero attached hydrogens (tertiary/aromatic N) is 2. The number of aromatic nitrogens is 2. The number of amides is 1. The van der Waals surface area contributed by atoms with Gasteiger partial charge in [-0.05, 0) is 25.0 Å². The van der Waals surface area contributed by atoms with E-state index >= 15 is 0 Å². The summed E-state index contributed by atoms with van der Waals surface area (Å²) in [6.45, 7) is 2.53. The molecule has 4 heterocycles. The van der Waals surface area contributed by atoms with Crippen molar-refractivity contribution in [3.8, 4) is 11.5 Å². The van der Waals surface area contributed by atoms with Gasteiger partial charge >= 0.3 is 6.18 Å². The summed E-state index contributed by atoms with van der Waals surface area (Å²) in [7, 11) is 0. The molecular weight excluding hydrogens is 515 g/mol. The van der Waals surface area contributed by atoms with E-state index in [4.69, 9.17) is 14.2 Å². The largest absolute Gasteiger partial charge is 0.485 e. The molecule has 39 heavy (non-hydrogen) atoms. The molecule has 2 aliphatic heterocycles. The SMILES string of the molecule is O=C(c1ccc(Nc2cc(NC3CCCCC3)c3c(C(F)(F)F)c[nH]c3n2)c2c1OCCO2)N1CCOCC1. The van der Waals surface area contributed by atoms with Gasteiger partial charge in [0.05, 0.1) is 35.4 Å². The molecule has 1 amide bonds. The third-order valence-electron chi connectivity index (χ3n) is 7.39. The maximum atomic E-state index is 13.8. The van der Waals surface area contributed by atoms with E-state index in [1.165, 1.54) is 0 Å². The number of ether oxygens (including phenoxy) is 3. The number of fused-ring (bicyclic) bond motifs is 2. The number of rotatable bonds is 5. The number of anilines is 3. The summed E-state index contributed by atoms with van der Waals surface area (Å²) in [6.07, 6.45) is 1.44. The average molecular weight is 546 g/mol. The zero-order valence-corrected chi connectivity index (χ0v) is 21.3. The first-order valence-corrected chi connectivity index (χ1v) is 13.3. The van der Waals surface area contributed by atoms with Crippen molar-refractivity contribution in [2.24, 2.45) is 0 Å². The minimum absolute atomic E-state index is 0.0201. The number of hydrogen-bond donors (Lipinski definition) is 3. The summed E-state index contributed by atoms with van der Waals surface area (Å²) in [5.74, 6) is 0.867. The van der Waals surface area contributed by atoms with Crippen molar-refractivity contribution in [1.82, 2.24) is 14.9 Å². The van der Waals surface area contributed by atoms with E-state index < -0.39 is 11.7 Å². The van der Waals surface area contributed by atoms with Gasteiger partial charge in [-0.1, -0.05) is 19.3 Å². The zero-order valence-electron chi connectivity index (χ0n) is 21.3. The fourth-order valence-corrected chi connectivity index (χ4v) is 5.48. The van der Waals surface area contributed by atoms with E-state index in [1.807, 2.05) is 0 Å². The molecule has 3 aliphatic rings. The molecule has 2 fully saturated rings. The second-order valence-electron chi connectivity index (χ2n) is 10.0. The summed E-state index contributed by atoms with van der Waals surface area (Å²) >= 11 is 0. The number of nitrogens with one attached hydrogen (secondary N) is 3. The molecule has 1 aliphatic carbocycles. The van der Waals surface area contributed by atoms with Crippen LogP contribution in [0.1, 0.15) is 48.0 Å². The van der Waals surface area contributed by atoms with E-state index in [9.17, 15) is 18.0 Å².